The van der Waals surface area contributed by atoms with Crippen LogP contribution in [0.1, 0.15) is 22.8 Å². The minimum absolute atomic E-state index is 0.282. The van der Waals surface area contributed by atoms with Gasteiger partial charge in [0.1, 0.15) is 5.75 Å². The zero-order chi connectivity index (χ0) is 18.6. The number of esters is 1. The van der Waals surface area contributed by atoms with Crippen LogP contribution in [0, 0.1) is 6.92 Å². The standard InChI is InChI=1S/C18H17Cl2NO4/c1-10-8-13(5-7-14(10)19)25-11(2)17(22)21-16-9-12(18(23)24-3)4-6-15(16)20/h4-9,11H,1-3H3,(H,21,22)/t11-/m1/s1. The molecule has 0 aliphatic carbocycles. The fourth-order valence-electron chi connectivity index (χ4n) is 2.05. The van der Waals surface area contributed by atoms with E-state index in [4.69, 9.17) is 27.9 Å². The van der Waals surface area contributed by atoms with Crippen molar-refractivity contribution in [3.63, 3.8) is 0 Å². The van der Waals surface area contributed by atoms with Crippen molar-refractivity contribution < 1.29 is 19.1 Å². The minimum Gasteiger partial charge on any atom is -0.481 e. The van der Waals surface area contributed by atoms with Gasteiger partial charge in [0.2, 0.25) is 0 Å². The van der Waals surface area contributed by atoms with E-state index in [1.807, 2.05) is 6.92 Å². The number of hydrogen-bond donors (Lipinski definition) is 1. The molecule has 5 nitrogen and oxygen atoms in total. The Morgan fingerprint density at radius 1 is 1.08 bits per heavy atom. The molecule has 0 aromatic heterocycles. The molecule has 0 saturated carbocycles. The first-order valence-corrected chi connectivity index (χ1v) is 8.19. The smallest absolute Gasteiger partial charge is 0.337 e. The second kappa shape index (κ2) is 8.23. The second-order valence-corrected chi connectivity index (χ2v) is 6.16. The van der Waals surface area contributed by atoms with E-state index in [0.717, 1.165) is 5.56 Å². The van der Waals surface area contributed by atoms with Crippen LogP contribution >= 0.6 is 23.2 Å². The lowest BCUT2D eigenvalue weighted by atomic mass is 10.2. The largest absolute Gasteiger partial charge is 0.481 e. The van der Waals surface area contributed by atoms with Crippen molar-refractivity contribution in [1.29, 1.82) is 0 Å². The molecule has 0 spiro atoms. The quantitative estimate of drug-likeness (QED) is 0.774. The summed E-state index contributed by atoms with van der Waals surface area (Å²) in [5.41, 5.74) is 1.43. The van der Waals surface area contributed by atoms with E-state index < -0.39 is 18.0 Å². The normalized spacial score (nSPS) is 11.6. The molecule has 7 heteroatoms. The zero-order valence-corrected chi connectivity index (χ0v) is 15.4. The van der Waals surface area contributed by atoms with Gasteiger partial charge >= 0.3 is 5.97 Å². The number of ether oxygens (including phenoxy) is 2. The van der Waals surface area contributed by atoms with Crippen molar-refractivity contribution >= 4 is 40.8 Å². The van der Waals surface area contributed by atoms with Gasteiger partial charge in [-0.05, 0) is 55.8 Å². The van der Waals surface area contributed by atoms with Gasteiger partial charge in [0.15, 0.2) is 6.10 Å². The molecule has 0 aliphatic rings. The fourth-order valence-corrected chi connectivity index (χ4v) is 2.33. The number of rotatable bonds is 5. The van der Waals surface area contributed by atoms with Gasteiger partial charge in [-0.1, -0.05) is 23.2 Å². The number of aryl methyl sites for hydroxylation is 1. The average molecular weight is 382 g/mol. The zero-order valence-electron chi connectivity index (χ0n) is 13.9. The minimum atomic E-state index is -0.779. The van der Waals surface area contributed by atoms with Gasteiger partial charge in [-0.15, -0.1) is 0 Å². The highest BCUT2D eigenvalue weighted by Crippen LogP contribution is 2.25. The first-order valence-electron chi connectivity index (χ1n) is 7.43. The van der Waals surface area contributed by atoms with Gasteiger partial charge in [0.25, 0.3) is 5.91 Å². The second-order valence-electron chi connectivity index (χ2n) is 5.35. The van der Waals surface area contributed by atoms with E-state index in [9.17, 15) is 9.59 Å². The molecule has 2 aromatic rings. The van der Waals surface area contributed by atoms with Crippen molar-refractivity contribution in [3.8, 4) is 5.75 Å². The monoisotopic (exact) mass is 381 g/mol. The lowest BCUT2D eigenvalue weighted by Crippen LogP contribution is -2.30. The Morgan fingerprint density at radius 3 is 2.40 bits per heavy atom. The van der Waals surface area contributed by atoms with Crippen LogP contribution in [0.25, 0.3) is 0 Å². The average Bonchev–Trinajstić information content (AvgIpc) is 2.59. The lowest BCUT2D eigenvalue weighted by Gasteiger charge is -2.16. The number of benzene rings is 2. The van der Waals surface area contributed by atoms with Crippen molar-refractivity contribution in [1.82, 2.24) is 0 Å². The predicted octanol–water partition coefficient (Wildman–Crippen LogP) is 4.49. The van der Waals surface area contributed by atoms with Crippen LogP contribution < -0.4 is 10.1 Å². The first kappa shape index (κ1) is 19.1. The Morgan fingerprint density at radius 2 is 1.76 bits per heavy atom. The summed E-state index contributed by atoms with van der Waals surface area (Å²) in [6.45, 7) is 3.45. The fraction of sp³-hybridized carbons (Fsp3) is 0.222. The molecule has 0 aliphatic heterocycles. The molecular formula is C18H17Cl2NO4. The van der Waals surface area contributed by atoms with Crippen LogP contribution in [-0.4, -0.2) is 25.1 Å². The summed E-state index contributed by atoms with van der Waals surface area (Å²) < 4.78 is 10.3. The molecule has 1 amide bonds. The Balaban J connectivity index is 2.10. The molecule has 1 atom stereocenters. The predicted molar refractivity (Wildman–Crippen MR) is 97.7 cm³/mol. The Hall–Kier alpha value is -2.24. The van der Waals surface area contributed by atoms with Crippen LogP contribution in [0.5, 0.6) is 5.75 Å². The number of methoxy groups -OCH3 is 1. The van der Waals surface area contributed by atoms with E-state index in [2.05, 4.69) is 10.1 Å². The summed E-state index contributed by atoms with van der Waals surface area (Å²) in [6.07, 6.45) is -0.779. The number of carbonyl (C=O) groups excluding carboxylic acids is 2. The SMILES string of the molecule is COC(=O)c1ccc(Cl)c(NC(=O)[C@@H](C)Oc2ccc(Cl)c(C)c2)c1. The summed E-state index contributed by atoms with van der Waals surface area (Å²) in [5, 5.41) is 3.57. The van der Waals surface area contributed by atoms with Gasteiger partial charge in [-0.2, -0.15) is 0 Å². The molecule has 2 aromatic carbocycles. The third-order valence-electron chi connectivity index (χ3n) is 3.46. The number of halogens is 2. The molecular weight excluding hydrogens is 365 g/mol. The molecule has 1 N–H and O–H groups in total. The maximum Gasteiger partial charge on any atom is 0.337 e. The van der Waals surface area contributed by atoms with E-state index in [0.29, 0.717) is 21.5 Å². The number of amides is 1. The summed E-state index contributed by atoms with van der Waals surface area (Å²) in [5.74, 6) is -0.399. The first-order chi connectivity index (χ1) is 11.8. The van der Waals surface area contributed by atoms with E-state index in [-0.39, 0.29) is 5.56 Å². The molecule has 0 heterocycles. The van der Waals surface area contributed by atoms with Crippen LogP contribution in [-0.2, 0) is 9.53 Å². The highest BCUT2D eigenvalue weighted by atomic mass is 35.5. The highest BCUT2D eigenvalue weighted by molar-refractivity contribution is 6.34. The molecule has 0 fully saturated rings. The van der Waals surface area contributed by atoms with Crippen LogP contribution in [0.3, 0.4) is 0 Å². The third kappa shape index (κ3) is 4.87. The number of nitrogens with one attached hydrogen (secondary N) is 1. The van der Waals surface area contributed by atoms with Crippen LogP contribution in [0.4, 0.5) is 5.69 Å². The Bertz CT molecular complexity index is 808. The van der Waals surface area contributed by atoms with Crippen LogP contribution in [0.2, 0.25) is 10.0 Å². The van der Waals surface area contributed by atoms with Gasteiger partial charge in [-0.25, -0.2) is 4.79 Å². The van der Waals surface area contributed by atoms with E-state index in [1.165, 1.54) is 25.3 Å². The van der Waals surface area contributed by atoms with E-state index >= 15 is 0 Å². The van der Waals surface area contributed by atoms with Gasteiger partial charge < -0.3 is 14.8 Å². The number of carbonyl (C=O) groups is 2. The molecule has 2 rings (SSSR count). The highest BCUT2D eigenvalue weighted by Gasteiger charge is 2.18. The van der Waals surface area contributed by atoms with E-state index in [1.54, 1.807) is 25.1 Å². The van der Waals surface area contributed by atoms with Gasteiger partial charge in [-0.3, -0.25) is 4.79 Å². The summed E-state index contributed by atoms with van der Waals surface area (Å²) in [6, 6.07) is 9.61. The summed E-state index contributed by atoms with van der Waals surface area (Å²) in [4.78, 5) is 23.9. The molecule has 0 saturated heterocycles. The molecule has 0 radical (unpaired) electrons. The van der Waals surface area contributed by atoms with Crippen LogP contribution in [0.15, 0.2) is 36.4 Å². The van der Waals surface area contributed by atoms with Crippen molar-refractivity contribution in [3.05, 3.63) is 57.6 Å². The summed E-state index contributed by atoms with van der Waals surface area (Å²) >= 11 is 12.0. The lowest BCUT2D eigenvalue weighted by molar-refractivity contribution is -0.122. The Labute approximate surface area is 155 Å². The summed E-state index contributed by atoms with van der Waals surface area (Å²) in [7, 11) is 1.28. The van der Waals surface area contributed by atoms with Crippen molar-refractivity contribution in [2.75, 3.05) is 12.4 Å². The molecule has 0 bridgehead atoms. The number of hydrogen-bond acceptors (Lipinski definition) is 4. The maximum absolute atomic E-state index is 12.3. The molecule has 25 heavy (non-hydrogen) atoms. The maximum atomic E-state index is 12.3. The molecule has 0 unspecified atom stereocenters. The van der Waals surface area contributed by atoms with Gasteiger partial charge in [0.05, 0.1) is 23.4 Å². The van der Waals surface area contributed by atoms with Gasteiger partial charge in [0, 0.05) is 5.02 Å². The van der Waals surface area contributed by atoms with Crippen molar-refractivity contribution in [2.24, 2.45) is 0 Å². The van der Waals surface area contributed by atoms with Crippen molar-refractivity contribution in [2.45, 2.75) is 20.0 Å². The third-order valence-corrected chi connectivity index (χ3v) is 4.21. The molecule has 132 valence electrons. The Kier molecular flexibility index (Phi) is 6.28. The topological polar surface area (TPSA) is 64.6 Å². The number of anilines is 1.